The van der Waals surface area contributed by atoms with Crippen LogP contribution in [0.4, 0.5) is 17.1 Å². The molecule has 43 heavy (non-hydrogen) atoms. The fourth-order valence-corrected chi connectivity index (χ4v) is 4.87. The highest BCUT2D eigenvalue weighted by atomic mass is 16.7. The fraction of sp³-hybridized carbons (Fsp3) is 0.312. The molecule has 1 saturated heterocycles. The minimum Gasteiger partial charge on any atom is -0.379 e. The summed E-state index contributed by atoms with van der Waals surface area (Å²) in [6.07, 6.45) is 0.875. The van der Waals surface area contributed by atoms with Crippen LogP contribution in [0.2, 0.25) is 0 Å². The van der Waals surface area contributed by atoms with Crippen LogP contribution in [0, 0.1) is 10.1 Å². The topological polar surface area (TPSA) is 132 Å². The monoisotopic (exact) mass is 586 g/mol. The Morgan fingerprint density at radius 1 is 0.907 bits per heavy atom. The first-order valence-electron chi connectivity index (χ1n) is 13.9. The van der Waals surface area contributed by atoms with E-state index in [2.05, 4.69) is 21.8 Å². The van der Waals surface area contributed by atoms with Gasteiger partial charge in [0.05, 0.1) is 18.8 Å². The molecule has 0 unspecified atom stereocenters. The normalized spacial score (nSPS) is 14.2. The van der Waals surface area contributed by atoms with Gasteiger partial charge in [-0.3, -0.25) is 14.5 Å². The maximum absolute atomic E-state index is 13.5. The zero-order chi connectivity index (χ0) is 31.1. The lowest BCUT2D eigenvalue weighted by Crippen LogP contribution is -2.54. The van der Waals surface area contributed by atoms with Gasteiger partial charge in [-0.25, -0.2) is 9.63 Å². The Labute approximate surface area is 249 Å². The summed E-state index contributed by atoms with van der Waals surface area (Å²) in [5.74, 6) is -2.97. The molecule has 3 aromatic rings. The minimum atomic E-state index is -1.10. The number of aryl methyl sites for hydroxylation is 1. The summed E-state index contributed by atoms with van der Waals surface area (Å²) < 4.78 is 5.45. The van der Waals surface area contributed by atoms with Gasteiger partial charge in [-0.1, -0.05) is 19.1 Å². The molecular weight excluding hydrogens is 552 g/mol. The molecule has 1 fully saturated rings. The molecule has 0 radical (unpaired) electrons. The van der Waals surface area contributed by atoms with Crippen LogP contribution in [0.5, 0.6) is 0 Å². The van der Waals surface area contributed by atoms with E-state index in [4.69, 9.17) is 4.74 Å². The Balaban J connectivity index is 1.66. The van der Waals surface area contributed by atoms with Crippen molar-refractivity contribution in [3.05, 3.63) is 99.6 Å². The summed E-state index contributed by atoms with van der Waals surface area (Å²) in [6.45, 7) is 9.53. The van der Waals surface area contributed by atoms with Gasteiger partial charge < -0.3 is 19.8 Å². The third-order valence-corrected chi connectivity index (χ3v) is 7.37. The second kappa shape index (κ2) is 13.5. The largest absolute Gasteiger partial charge is 0.458 e. The molecule has 0 bridgehead atoms. The lowest BCUT2D eigenvalue weighted by molar-refractivity contribution is -0.349. The van der Waals surface area contributed by atoms with Crippen molar-refractivity contribution in [3.8, 4) is 0 Å². The molecule has 0 aliphatic carbocycles. The number of hydrogen-bond donors (Lipinski definition) is 0. The first-order valence-corrected chi connectivity index (χ1v) is 13.9. The summed E-state index contributed by atoms with van der Waals surface area (Å²) in [4.78, 5) is 56.1. The van der Waals surface area contributed by atoms with Crippen LogP contribution >= 0.6 is 0 Å². The van der Waals surface area contributed by atoms with Gasteiger partial charge in [0.1, 0.15) is 0 Å². The van der Waals surface area contributed by atoms with Crippen molar-refractivity contribution in [1.82, 2.24) is 4.90 Å². The number of anilines is 3. The highest BCUT2D eigenvalue weighted by molar-refractivity contribution is 6.42. The Kier molecular flexibility index (Phi) is 9.79. The van der Waals surface area contributed by atoms with Gasteiger partial charge in [-0.2, -0.15) is 0 Å². The van der Waals surface area contributed by atoms with Gasteiger partial charge in [-0.15, -0.1) is 0 Å². The van der Waals surface area contributed by atoms with E-state index in [9.17, 15) is 24.5 Å². The molecule has 11 heteroatoms. The van der Waals surface area contributed by atoms with E-state index >= 15 is 0 Å². The summed E-state index contributed by atoms with van der Waals surface area (Å²) in [5, 5.41) is 14.5. The van der Waals surface area contributed by atoms with Crippen LogP contribution in [0.25, 0.3) is 0 Å². The number of benzene rings is 3. The number of nitro groups is 1. The van der Waals surface area contributed by atoms with E-state index in [0.717, 1.165) is 30.3 Å². The van der Waals surface area contributed by atoms with Crippen molar-refractivity contribution in [2.75, 3.05) is 31.2 Å². The molecule has 11 nitrogen and oxygen atoms in total. The number of Topliss-reactive ketones (excluding diaryl/α,β-unsaturated/α-hetero) is 2. The van der Waals surface area contributed by atoms with Gasteiger partial charge in [0.25, 0.3) is 5.78 Å². The predicted octanol–water partition coefficient (Wildman–Crippen LogP) is 5.35. The van der Waals surface area contributed by atoms with E-state index < -0.39 is 28.1 Å². The molecule has 224 valence electrons. The molecule has 0 atom stereocenters. The van der Waals surface area contributed by atoms with Crippen molar-refractivity contribution in [1.29, 1.82) is 0 Å². The Hall–Kier alpha value is -4.74. The average Bonchev–Trinajstić information content (AvgIpc) is 3.02. The summed E-state index contributed by atoms with van der Waals surface area (Å²) >= 11 is 0. The number of carbonyl (C=O) groups excluding carboxylic acids is 3. The molecule has 1 aliphatic rings. The van der Waals surface area contributed by atoms with Crippen LogP contribution in [-0.2, 0) is 20.8 Å². The van der Waals surface area contributed by atoms with E-state index in [1.165, 1.54) is 12.1 Å². The number of nitrogens with zero attached hydrogens (tertiary/aromatic N) is 4. The van der Waals surface area contributed by atoms with Crippen LogP contribution in [-0.4, -0.2) is 65.0 Å². The second-order valence-corrected chi connectivity index (χ2v) is 10.5. The maximum Gasteiger partial charge on any atom is 0.458 e. The molecule has 0 aromatic heterocycles. The van der Waals surface area contributed by atoms with Crippen LogP contribution < -0.4 is 4.90 Å². The van der Waals surface area contributed by atoms with Crippen molar-refractivity contribution >= 4 is 40.4 Å². The minimum absolute atomic E-state index is 0.000998. The number of ether oxygens (including phenoxy) is 1. The molecule has 0 amide bonds. The number of carbonyl (C=O) groups is 3. The van der Waals surface area contributed by atoms with Crippen LogP contribution in [0.3, 0.4) is 0 Å². The van der Waals surface area contributed by atoms with E-state index in [1.807, 2.05) is 55.1 Å². The standard InChI is InChI=1S/C32H34N4O7/c1-5-23-6-12-26(13-7-23)35(27-14-8-24(9-15-27)29(38)31(36(40)41)33-43-22(2)37)28-16-10-25(11-17-28)30(39)32(3,4)34-18-20-42-21-19-34/h6-17H,5,18-21H2,1-4H3/b33-31-. The Morgan fingerprint density at radius 3 is 1.86 bits per heavy atom. The third kappa shape index (κ3) is 7.19. The van der Waals surface area contributed by atoms with E-state index in [1.54, 1.807) is 24.3 Å². The number of morpholine rings is 1. The molecular formula is C32H34N4O7. The summed E-state index contributed by atoms with van der Waals surface area (Å²) in [6, 6.07) is 21.6. The van der Waals surface area contributed by atoms with Crippen LogP contribution in [0.15, 0.2) is 78.0 Å². The third-order valence-electron chi connectivity index (χ3n) is 7.37. The smallest absolute Gasteiger partial charge is 0.379 e. The van der Waals surface area contributed by atoms with Gasteiger partial charge in [-0.05, 0) is 91.4 Å². The molecule has 1 aliphatic heterocycles. The van der Waals surface area contributed by atoms with E-state index in [0.29, 0.717) is 37.6 Å². The number of hydrogen-bond acceptors (Lipinski definition) is 10. The van der Waals surface area contributed by atoms with Gasteiger partial charge in [0.2, 0.25) is 0 Å². The lowest BCUT2D eigenvalue weighted by atomic mass is 9.90. The van der Waals surface area contributed by atoms with Gasteiger partial charge >= 0.3 is 11.8 Å². The number of ketones is 2. The summed E-state index contributed by atoms with van der Waals surface area (Å²) in [7, 11) is 0. The highest BCUT2D eigenvalue weighted by Crippen LogP contribution is 2.35. The number of oxime groups is 1. The molecule has 0 spiro atoms. The maximum atomic E-state index is 13.5. The van der Waals surface area contributed by atoms with E-state index in [-0.39, 0.29) is 11.3 Å². The zero-order valence-corrected chi connectivity index (χ0v) is 24.6. The first kappa shape index (κ1) is 31.2. The number of amidine groups is 1. The van der Waals surface area contributed by atoms with Gasteiger partial charge in [0, 0.05) is 48.2 Å². The highest BCUT2D eigenvalue weighted by Gasteiger charge is 2.36. The molecule has 0 N–H and O–H groups in total. The Morgan fingerprint density at radius 2 is 1.40 bits per heavy atom. The van der Waals surface area contributed by atoms with Crippen molar-refractivity contribution in [3.63, 3.8) is 0 Å². The summed E-state index contributed by atoms with van der Waals surface area (Å²) in [5.41, 5.74) is 3.34. The molecule has 0 saturated carbocycles. The van der Waals surface area contributed by atoms with Crippen molar-refractivity contribution in [2.24, 2.45) is 5.16 Å². The Bertz CT molecular complexity index is 1510. The van der Waals surface area contributed by atoms with Gasteiger partial charge in [0.15, 0.2) is 10.9 Å². The number of rotatable bonds is 10. The average molecular weight is 587 g/mol. The van der Waals surface area contributed by atoms with Crippen molar-refractivity contribution < 1.29 is 28.9 Å². The zero-order valence-electron chi connectivity index (χ0n) is 24.6. The van der Waals surface area contributed by atoms with Crippen LogP contribution in [0.1, 0.15) is 54.0 Å². The molecule has 3 aromatic carbocycles. The first-order chi connectivity index (χ1) is 20.5. The quantitative estimate of drug-likeness (QED) is 0.0770. The lowest BCUT2D eigenvalue weighted by Gasteiger charge is -2.39. The second-order valence-electron chi connectivity index (χ2n) is 10.5. The van der Waals surface area contributed by atoms with Crippen molar-refractivity contribution in [2.45, 2.75) is 39.7 Å². The molecule has 4 rings (SSSR count). The molecule has 1 heterocycles. The SMILES string of the molecule is CCc1ccc(N(c2ccc(C(=O)/C(=N/OC(C)=O)[N+](=O)[O-])cc2)c2ccc(C(=O)C(C)(C)N3CCOCC3)cc2)cc1. The predicted molar refractivity (Wildman–Crippen MR) is 162 cm³/mol. The fourth-order valence-electron chi connectivity index (χ4n) is 4.87.